The lowest BCUT2D eigenvalue weighted by molar-refractivity contribution is -0.938. The summed E-state index contributed by atoms with van der Waals surface area (Å²) in [5.74, 6) is 0.716. The number of hydrogen-bond donors (Lipinski definition) is 2. The van der Waals surface area contributed by atoms with E-state index in [0.717, 1.165) is 19.4 Å². The van der Waals surface area contributed by atoms with Crippen LogP contribution in [0.5, 0.6) is 5.75 Å². The van der Waals surface area contributed by atoms with Crippen LogP contribution in [0.25, 0.3) is 0 Å². The maximum absolute atomic E-state index is 13.0. The summed E-state index contributed by atoms with van der Waals surface area (Å²) in [5, 5.41) is 13.9. The van der Waals surface area contributed by atoms with E-state index in [-0.39, 0.29) is 17.6 Å². The van der Waals surface area contributed by atoms with Gasteiger partial charge in [0, 0.05) is 30.5 Å². The number of nitrogens with one attached hydrogen (secondary N) is 2. The number of nitro groups is 1. The molecule has 0 bridgehead atoms. The number of hydrogen-bond acceptors (Lipinski definition) is 4. The number of nitrogens with zero attached hydrogens (tertiary/aromatic N) is 1. The third-order valence-electron chi connectivity index (χ3n) is 5.76. The van der Waals surface area contributed by atoms with Gasteiger partial charge in [-0.15, -0.1) is 0 Å². The van der Waals surface area contributed by atoms with Crippen LogP contribution in [-0.4, -0.2) is 30.0 Å². The molecule has 0 saturated heterocycles. The summed E-state index contributed by atoms with van der Waals surface area (Å²) >= 11 is 0. The highest BCUT2D eigenvalue weighted by Crippen LogP contribution is 2.29. The van der Waals surface area contributed by atoms with Gasteiger partial charge in [0.25, 0.3) is 11.6 Å². The molecule has 1 aliphatic carbocycles. The van der Waals surface area contributed by atoms with Crippen molar-refractivity contribution in [3.8, 4) is 5.75 Å². The molecule has 1 saturated carbocycles. The molecule has 1 aliphatic rings. The third-order valence-corrected chi connectivity index (χ3v) is 5.76. The topological polar surface area (TPSA) is 85.9 Å². The summed E-state index contributed by atoms with van der Waals surface area (Å²) in [7, 11) is 1.48. The van der Waals surface area contributed by atoms with Crippen LogP contribution in [0.15, 0.2) is 42.5 Å². The average molecular weight is 413 g/mol. The molecular weight excluding hydrogens is 382 g/mol. The fourth-order valence-electron chi connectivity index (χ4n) is 3.68. The SMILES string of the molecule is COc1ccc([N+](=O)[O-])cc1NC(=O)[C@@H](C)[NH+](Cc1ccc(C(C)C)cc1)C1CC1. The van der Waals surface area contributed by atoms with E-state index >= 15 is 0 Å². The van der Waals surface area contributed by atoms with Crippen molar-refractivity contribution in [2.45, 2.75) is 58.2 Å². The first-order valence-electron chi connectivity index (χ1n) is 10.4. The first-order valence-corrected chi connectivity index (χ1v) is 10.4. The lowest BCUT2D eigenvalue weighted by atomic mass is 10.0. The molecule has 160 valence electrons. The molecular formula is C23H30N3O4+. The van der Waals surface area contributed by atoms with Crippen molar-refractivity contribution < 1.29 is 19.4 Å². The zero-order chi connectivity index (χ0) is 21.8. The van der Waals surface area contributed by atoms with E-state index in [1.165, 1.54) is 41.3 Å². The number of carbonyl (C=O) groups excluding carboxylic acids is 1. The van der Waals surface area contributed by atoms with Gasteiger partial charge in [0.05, 0.1) is 23.8 Å². The van der Waals surface area contributed by atoms with Gasteiger partial charge in [-0.1, -0.05) is 38.1 Å². The van der Waals surface area contributed by atoms with E-state index in [9.17, 15) is 14.9 Å². The second-order valence-electron chi connectivity index (χ2n) is 8.27. The number of anilines is 1. The van der Waals surface area contributed by atoms with Crippen LogP contribution < -0.4 is 15.0 Å². The predicted molar refractivity (Wildman–Crippen MR) is 116 cm³/mol. The molecule has 2 N–H and O–H groups in total. The number of non-ortho nitro benzene ring substituents is 1. The monoisotopic (exact) mass is 412 g/mol. The van der Waals surface area contributed by atoms with Gasteiger partial charge in [0.15, 0.2) is 6.04 Å². The summed E-state index contributed by atoms with van der Waals surface area (Å²) < 4.78 is 5.26. The number of rotatable bonds is 9. The van der Waals surface area contributed by atoms with Crippen molar-refractivity contribution in [3.63, 3.8) is 0 Å². The summed E-state index contributed by atoms with van der Waals surface area (Å²) in [6.45, 7) is 7.02. The summed E-state index contributed by atoms with van der Waals surface area (Å²) in [6.07, 6.45) is 2.22. The molecule has 7 heteroatoms. The van der Waals surface area contributed by atoms with Gasteiger partial charge in [-0.05, 0) is 24.5 Å². The molecule has 0 spiro atoms. The minimum absolute atomic E-state index is 0.0876. The standard InChI is InChI=1S/C23H29N3O4/c1-15(2)18-7-5-17(6-8-18)14-25(19-9-10-19)16(3)23(27)24-21-13-20(26(28)29)11-12-22(21)30-4/h5-8,11-13,15-16,19H,9-10,14H2,1-4H3,(H,24,27)/p+1/t16-/m1/s1. The van der Waals surface area contributed by atoms with Crippen LogP contribution in [-0.2, 0) is 11.3 Å². The predicted octanol–water partition coefficient (Wildman–Crippen LogP) is 3.30. The number of methoxy groups -OCH3 is 1. The minimum atomic E-state index is -0.485. The van der Waals surface area contributed by atoms with Crippen LogP contribution in [0.1, 0.15) is 50.7 Å². The lowest BCUT2D eigenvalue weighted by Crippen LogP contribution is -3.16. The highest BCUT2D eigenvalue weighted by Gasteiger charge is 2.39. The van der Waals surface area contributed by atoms with Crippen molar-refractivity contribution in [1.82, 2.24) is 0 Å². The smallest absolute Gasteiger partial charge is 0.282 e. The van der Waals surface area contributed by atoms with E-state index < -0.39 is 4.92 Å². The van der Waals surface area contributed by atoms with Gasteiger partial charge in [-0.2, -0.15) is 0 Å². The average Bonchev–Trinajstić information content (AvgIpc) is 3.56. The van der Waals surface area contributed by atoms with Gasteiger partial charge in [0.1, 0.15) is 12.3 Å². The van der Waals surface area contributed by atoms with Gasteiger partial charge < -0.3 is 15.0 Å². The highest BCUT2D eigenvalue weighted by molar-refractivity contribution is 5.95. The van der Waals surface area contributed by atoms with Gasteiger partial charge in [-0.25, -0.2) is 0 Å². The zero-order valence-corrected chi connectivity index (χ0v) is 18.0. The number of benzene rings is 2. The Morgan fingerprint density at radius 2 is 1.87 bits per heavy atom. The van der Waals surface area contributed by atoms with Crippen molar-refractivity contribution in [1.29, 1.82) is 0 Å². The molecule has 30 heavy (non-hydrogen) atoms. The van der Waals surface area contributed by atoms with Gasteiger partial charge in [-0.3, -0.25) is 14.9 Å². The first-order chi connectivity index (χ1) is 14.3. The highest BCUT2D eigenvalue weighted by atomic mass is 16.6. The minimum Gasteiger partial charge on any atom is -0.495 e. The van der Waals surface area contributed by atoms with Crippen molar-refractivity contribution in [2.24, 2.45) is 0 Å². The summed E-state index contributed by atoms with van der Waals surface area (Å²) in [4.78, 5) is 24.8. The van der Waals surface area contributed by atoms with Crippen molar-refractivity contribution >= 4 is 17.3 Å². The Kier molecular flexibility index (Phi) is 6.72. The molecule has 2 aromatic carbocycles. The summed E-state index contributed by atoms with van der Waals surface area (Å²) in [5.41, 5.74) is 2.74. The normalized spacial score (nSPS) is 15.5. The number of quaternary nitrogens is 1. The van der Waals surface area contributed by atoms with E-state index in [0.29, 0.717) is 23.4 Å². The van der Waals surface area contributed by atoms with Crippen LogP contribution in [0, 0.1) is 10.1 Å². The van der Waals surface area contributed by atoms with Crippen LogP contribution in [0.3, 0.4) is 0 Å². The van der Waals surface area contributed by atoms with Crippen LogP contribution in [0.4, 0.5) is 11.4 Å². The molecule has 0 radical (unpaired) electrons. The molecule has 1 unspecified atom stereocenters. The van der Waals surface area contributed by atoms with Crippen LogP contribution >= 0.6 is 0 Å². The summed E-state index contributed by atoms with van der Waals surface area (Å²) in [6, 6.07) is 13.0. The molecule has 0 aromatic heterocycles. The number of carbonyl (C=O) groups is 1. The molecule has 1 amide bonds. The third kappa shape index (κ3) is 5.16. The Morgan fingerprint density at radius 1 is 1.20 bits per heavy atom. The molecule has 7 nitrogen and oxygen atoms in total. The van der Waals surface area contributed by atoms with E-state index in [1.807, 2.05) is 6.92 Å². The largest absolute Gasteiger partial charge is 0.495 e. The Balaban J connectivity index is 1.74. The molecule has 1 fully saturated rings. The molecule has 2 atom stereocenters. The second kappa shape index (κ2) is 9.26. The Labute approximate surface area is 177 Å². The second-order valence-corrected chi connectivity index (χ2v) is 8.27. The van der Waals surface area contributed by atoms with Crippen molar-refractivity contribution in [2.75, 3.05) is 12.4 Å². The lowest BCUT2D eigenvalue weighted by Gasteiger charge is -2.26. The molecule has 3 rings (SSSR count). The van der Waals surface area contributed by atoms with E-state index in [2.05, 4.69) is 43.4 Å². The quantitative estimate of drug-likeness (QED) is 0.489. The maximum atomic E-state index is 13.0. The van der Waals surface area contributed by atoms with E-state index in [1.54, 1.807) is 0 Å². The number of ether oxygens (including phenoxy) is 1. The number of nitro benzene ring substituents is 1. The first kappa shape index (κ1) is 21.8. The fraction of sp³-hybridized carbons (Fsp3) is 0.435. The van der Waals surface area contributed by atoms with Gasteiger partial charge in [0.2, 0.25) is 0 Å². The van der Waals surface area contributed by atoms with E-state index in [4.69, 9.17) is 4.74 Å². The maximum Gasteiger partial charge on any atom is 0.282 e. The van der Waals surface area contributed by atoms with Crippen molar-refractivity contribution in [3.05, 3.63) is 63.7 Å². The number of amides is 1. The van der Waals surface area contributed by atoms with Gasteiger partial charge >= 0.3 is 0 Å². The molecule has 0 heterocycles. The van der Waals surface area contributed by atoms with Crippen LogP contribution in [0.2, 0.25) is 0 Å². The Hall–Kier alpha value is -2.93. The fourth-order valence-corrected chi connectivity index (χ4v) is 3.68. The zero-order valence-electron chi connectivity index (χ0n) is 18.0. The molecule has 0 aliphatic heterocycles. The molecule has 2 aromatic rings. The Morgan fingerprint density at radius 3 is 2.40 bits per heavy atom. The Bertz CT molecular complexity index is 907.